The summed E-state index contributed by atoms with van der Waals surface area (Å²) in [6.45, 7) is 13.2. The van der Waals surface area contributed by atoms with Crippen LogP contribution in [0.1, 0.15) is 48.5 Å². The van der Waals surface area contributed by atoms with Crippen molar-refractivity contribution in [2.24, 2.45) is 4.99 Å². The highest BCUT2D eigenvalue weighted by atomic mass is 16.6. The van der Waals surface area contributed by atoms with Gasteiger partial charge in [0.2, 0.25) is 0 Å². The van der Waals surface area contributed by atoms with Gasteiger partial charge >= 0.3 is 5.97 Å². The van der Waals surface area contributed by atoms with Crippen molar-refractivity contribution in [1.82, 2.24) is 0 Å². The lowest BCUT2D eigenvalue weighted by Gasteiger charge is -2.21. The van der Waals surface area contributed by atoms with E-state index in [2.05, 4.69) is 4.99 Å². The first kappa shape index (κ1) is 14.9. The van der Waals surface area contributed by atoms with E-state index in [4.69, 9.17) is 4.74 Å². The van der Waals surface area contributed by atoms with E-state index in [1.165, 1.54) is 0 Å². The van der Waals surface area contributed by atoms with Crippen molar-refractivity contribution in [3.63, 3.8) is 0 Å². The molecule has 1 unspecified atom stereocenters. The number of nitrogens with zero attached hydrogens (tertiary/aromatic N) is 1. The molecule has 0 spiro atoms. The zero-order valence-corrected chi connectivity index (χ0v) is 11.4. The lowest BCUT2D eigenvalue weighted by Crippen LogP contribution is -2.29. The van der Waals surface area contributed by atoms with Crippen LogP contribution in [0, 0.1) is 0 Å². The van der Waals surface area contributed by atoms with Gasteiger partial charge in [0.1, 0.15) is 11.6 Å². The molecule has 0 aromatic heterocycles. The van der Waals surface area contributed by atoms with Gasteiger partial charge in [-0.25, -0.2) is 4.79 Å². The first-order valence-electron chi connectivity index (χ1n) is 5.54. The lowest BCUT2D eigenvalue weighted by atomic mass is 10.2. The molecule has 1 atom stereocenters. The van der Waals surface area contributed by atoms with Crippen LogP contribution in [0.2, 0.25) is 0 Å². The molecule has 0 saturated carbocycles. The van der Waals surface area contributed by atoms with E-state index < -0.39 is 11.6 Å². The second-order valence-electron chi connectivity index (χ2n) is 5.20. The van der Waals surface area contributed by atoms with E-state index in [0.29, 0.717) is 0 Å². The Morgan fingerprint density at radius 3 is 2.12 bits per heavy atom. The maximum atomic E-state index is 11.6. The summed E-state index contributed by atoms with van der Waals surface area (Å²) in [6.07, 6.45) is 1.95. The van der Waals surface area contributed by atoms with Crippen LogP contribution in [0.4, 0.5) is 0 Å². The summed E-state index contributed by atoms with van der Waals surface area (Å²) in [7, 11) is 0. The van der Waals surface area contributed by atoms with Crippen molar-refractivity contribution >= 4 is 11.7 Å². The van der Waals surface area contributed by atoms with Crippen molar-refractivity contribution in [2.45, 2.75) is 60.1 Å². The molecule has 0 fully saturated rings. The maximum absolute atomic E-state index is 11.6. The fourth-order valence-electron chi connectivity index (χ4n) is 1.20. The molecule has 3 heteroatoms. The van der Waals surface area contributed by atoms with Crippen LogP contribution in [0.5, 0.6) is 0 Å². The minimum atomic E-state index is -0.453. The summed E-state index contributed by atoms with van der Waals surface area (Å²) in [6, 6.07) is -0.449. The lowest BCUT2D eigenvalue weighted by molar-refractivity contribution is -0.155. The Morgan fingerprint density at radius 2 is 1.75 bits per heavy atom. The molecule has 0 aromatic carbocycles. The van der Waals surface area contributed by atoms with E-state index in [9.17, 15) is 4.79 Å². The summed E-state index contributed by atoms with van der Waals surface area (Å²) in [5, 5.41) is 0. The highest BCUT2D eigenvalue weighted by Gasteiger charge is 2.20. The largest absolute Gasteiger partial charge is 0.458 e. The Bertz CT molecular complexity index is 304. The Kier molecular flexibility index (Phi) is 5.42. The van der Waals surface area contributed by atoms with Gasteiger partial charge in [-0.1, -0.05) is 5.57 Å². The van der Waals surface area contributed by atoms with Crippen LogP contribution >= 0.6 is 0 Å². The molecule has 0 rings (SSSR count). The SMILES string of the molecule is CC(C)=C/C(C)=N\C(C)C(=O)OC(C)(C)C. The fourth-order valence-corrected chi connectivity index (χ4v) is 1.20. The maximum Gasteiger partial charge on any atom is 0.331 e. The van der Waals surface area contributed by atoms with Gasteiger partial charge in [0, 0.05) is 5.71 Å². The Labute approximate surface area is 98.6 Å². The minimum Gasteiger partial charge on any atom is -0.458 e. The smallest absolute Gasteiger partial charge is 0.331 e. The fraction of sp³-hybridized carbons (Fsp3) is 0.692. The van der Waals surface area contributed by atoms with Gasteiger partial charge in [-0.3, -0.25) is 4.99 Å². The van der Waals surface area contributed by atoms with Gasteiger partial charge in [-0.15, -0.1) is 0 Å². The highest BCUT2D eigenvalue weighted by molar-refractivity contribution is 5.95. The average molecular weight is 225 g/mol. The summed E-state index contributed by atoms with van der Waals surface area (Å²) < 4.78 is 5.24. The summed E-state index contributed by atoms with van der Waals surface area (Å²) in [5.74, 6) is -0.283. The molecule has 0 amide bonds. The Hall–Kier alpha value is -1.12. The van der Waals surface area contributed by atoms with Crippen molar-refractivity contribution in [3.05, 3.63) is 11.6 Å². The molecule has 0 aliphatic rings. The Balaban J connectivity index is 4.53. The number of carbonyl (C=O) groups excluding carboxylic acids is 1. The molecular weight excluding hydrogens is 202 g/mol. The third kappa shape index (κ3) is 7.21. The number of esters is 1. The number of ether oxygens (including phenoxy) is 1. The van der Waals surface area contributed by atoms with Gasteiger partial charge < -0.3 is 4.74 Å². The van der Waals surface area contributed by atoms with Crippen molar-refractivity contribution < 1.29 is 9.53 Å². The minimum absolute atomic E-state index is 0.283. The summed E-state index contributed by atoms with van der Waals surface area (Å²) in [4.78, 5) is 15.9. The second-order valence-corrected chi connectivity index (χ2v) is 5.20. The Morgan fingerprint density at radius 1 is 1.25 bits per heavy atom. The number of aliphatic imine (C=N–C) groups is 1. The molecule has 0 aromatic rings. The van der Waals surface area contributed by atoms with E-state index in [1.807, 2.05) is 47.6 Å². The second kappa shape index (κ2) is 5.83. The third-order valence-electron chi connectivity index (χ3n) is 1.64. The molecule has 0 aliphatic carbocycles. The standard InChI is InChI=1S/C13H23NO2/c1-9(2)8-10(3)14-11(4)12(15)16-13(5,6)7/h8,11H,1-7H3/b14-10-. The van der Waals surface area contributed by atoms with Crippen LogP contribution < -0.4 is 0 Å². The number of hydrogen-bond donors (Lipinski definition) is 0. The molecule has 0 radical (unpaired) electrons. The van der Waals surface area contributed by atoms with Crippen LogP contribution in [-0.2, 0) is 9.53 Å². The molecule has 0 bridgehead atoms. The van der Waals surface area contributed by atoms with Crippen LogP contribution in [-0.4, -0.2) is 23.3 Å². The molecule has 0 heterocycles. The highest BCUT2D eigenvalue weighted by Crippen LogP contribution is 2.09. The van der Waals surface area contributed by atoms with Gasteiger partial charge in [0.15, 0.2) is 0 Å². The quantitative estimate of drug-likeness (QED) is 0.546. The van der Waals surface area contributed by atoms with Crippen LogP contribution in [0.3, 0.4) is 0 Å². The number of allylic oxidation sites excluding steroid dienone is 2. The molecule has 0 N–H and O–H groups in total. The predicted octanol–water partition coefficient (Wildman–Crippen LogP) is 3.14. The monoisotopic (exact) mass is 225 g/mol. The number of hydrogen-bond acceptors (Lipinski definition) is 3. The van der Waals surface area contributed by atoms with Crippen molar-refractivity contribution in [1.29, 1.82) is 0 Å². The third-order valence-corrected chi connectivity index (χ3v) is 1.64. The van der Waals surface area contributed by atoms with Gasteiger partial charge in [-0.05, 0) is 54.5 Å². The molecule has 0 saturated heterocycles. The van der Waals surface area contributed by atoms with E-state index in [1.54, 1.807) is 6.92 Å². The summed E-state index contributed by atoms with van der Waals surface area (Å²) >= 11 is 0. The van der Waals surface area contributed by atoms with E-state index in [-0.39, 0.29) is 5.97 Å². The molecule has 3 nitrogen and oxygen atoms in total. The van der Waals surface area contributed by atoms with Crippen LogP contribution in [0.25, 0.3) is 0 Å². The van der Waals surface area contributed by atoms with Gasteiger partial charge in [0.05, 0.1) is 0 Å². The average Bonchev–Trinajstić information content (AvgIpc) is 1.98. The normalized spacial score (nSPS) is 14.3. The molecule has 92 valence electrons. The first-order chi connectivity index (χ1) is 7.11. The first-order valence-corrected chi connectivity index (χ1v) is 5.54. The number of rotatable bonds is 3. The predicted molar refractivity (Wildman–Crippen MR) is 67.8 cm³/mol. The molecular formula is C13H23NO2. The number of carbonyl (C=O) groups is 1. The van der Waals surface area contributed by atoms with Crippen LogP contribution in [0.15, 0.2) is 16.6 Å². The van der Waals surface area contributed by atoms with Gasteiger partial charge in [-0.2, -0.15) is 0 Å². The van der Waals surface area contributed by atoms with Crippen molar-refractivity contribution in [3.8, 4) is 0 Å². The topological polar surface area (TPSA) is 38.7 Å². The van der Waals surface area contributed by atoms with Gasteiger partial charge in [0.25, 0.3) is 0 Å². The van der Waals surface area contributed by atoms with Crippen molar-refractivity contribution in [2.75, 3.05) is 0 Å². The molecule has 0 aliphatic heterocycles. The zero-order valence-electron chi connectivity index (χ0n) is 11.4. The van der Waals surface area contributed by atoms with E-state index >= 15 is 0 Å². The molecule has 16 heavy (non-hydrogen) atoms. The zero-order chi connectivity index (χ0) is 12.9. The summed E-state index contributed by atoms with van der Waals surface area (Å²) in [5.41, 5.74) is 1.56. The van der Waals surface area contributed by atoms with E-state index in [0.717, 1.165) is 11.3 Å².